The van der Waals surface area contributed by atoms with Crippen molar-refractivity contribution in [1.82, 2.24) is 5.48 Å². The minimum Gasteiger partial charge on any atom is -0.481 e. The number of carbonyl (C=O) groups is 1. The molecule has 0 heterocycles. The van der Waals surface area contributed by atoms with E-state index in [0.717, 1.165) is 29.7 Å². The van der Waals surface area contributed by atoms with Gasteiger partial charge in [0.1, 0.15) is 0 Å². The molecular formula is C21H29NO5. The van der Waals surface area contributed by atoms with Crippen molar-refractivity contribution in [3.05, 3.63) is 46.2 Å². The Morgan fingerprint density at radius 3 is 2.81 bits per heavy atom. The average Bonchev–Trinajstić information content (AvgIpc) is 2.83. The summed E-state index contributed by atoms with van der Waals surface area (Å²) in [5, 5.41) is 29.6. The molecule has 4 unspecified atom stereocenters. The van der Waals surface area contributed by atoms with Crippen LogP contribution in [0.4, 0.5) is 0 Å². The number of hydroxylamine groups is 1. The van der Waals surface area contributed by atoms with E-state index in [-0.39, 0.29) is 18.9 Å². The fourth-order valence-corrected chi connectivity index (χ4v) is 4.38. The monoisotopic (exact) mass is 375 g/mol. The molecule has 0 amide bonds. The average molecular weight is 375 g/mol. The minimum atomic E-state index is -0.889. The van der Waals surface area contributed by atoms with Crippen molar-refractivity contribution in [3.8, 4) is 0 Å². The molecular weight excluding hydrogens is 346 g/mol. The molecule has 6 nitrogen and oxygen atoms in total. The zero-order valence-corrected chi connectivity index (χ0v) is 15.9. The van der Waals surface area contributed by atoms with Gasteiger partial charge < -0.3 is 15.3 Å². The lowest BCUT2D eigenvalue weighted by molar-refractivity contribution is -0.138. The number of benzene rings is 1. The van der Waals surface area contributed by atoms with Crippen LogP contribution in [0.3, 0.4) is 0 Å². The fraction of sp³-hybridized carbons (Fsp3) is 0.571. The van der Waals surface area contributed by atoms with Crippen molar-refractivity contribution in [1.29, 1.82) is 0 Å². The van der Waals surface area contributed by atoms with Gasteiger partial charge in [-0.25, -0.2) is 0 Å². The largest absolute Gasteiger partial charge is 0.481 e. The molecule has 0 spiro atoms. The Hall–Kier alpha value is -1.89. The van der Waals surface area contributed by atoms with E-state index in [4.69, 9.17) is 9.94 Å². The van der Waals surface area contributed by atoms with Crippen LogP contribution in [0.25, 0.3) is 0 Å². The van der Waals surface area contributed by atoms with E-state index in [1.165, 1.54) is 11.1 Å². The number of carboxylic acids is 1. The third-order valence-corrected chi connectivity index (χ3v) is 5.87. The number of aliphatic hydroxyl groups excluding tert-OH is 2. The summed E-state index contributed by atoms with van der Waals surface area (Å²) in [4.78, 5) is 15.7. The molecule has 1 aromatic carbocycles. The van der Waals surface area contributed by atoms with Gasteiger partial charge in [0.2, 0.25) is 0 Å². The number of aryl methyl sites for hydroxylation is 2. The second kappa shape index (κ2) is 8.42. The van der Waals surface area contributed by atoms with E-state index in [1.807, 2.05) is 26.0 Å². The number of aliphatic carboxylic acids is 1. The lowest BCUT2D eigenvalue weighted by Crippen LogP contribution is -2.30. The van der Waals surface area contributed by atoms with Gasteiger partial charge in [-0.05, 0) is 68.1 Å². The summed E-state index contributed by atoms with van der Waals surface area (Å²) in [6.07, 6.45) is 1.89. The van der Waals surface area contributed by atoms with Crippen LogP contribution in [0.2, 0.25) is 0 Å². The van der Waals surface area contributed by atoms with Crippen molar-refractivity contribution >= 4 is 5.97 Å². The lowest BCUT2D eigenvalue weighted by Gasteiger charge is -2.33. The van der Waals surface area contributed by atoms with Crippen molar-refractivity contribution in [2.75, 3.05) is 6.61 Å². The molecule has 3 rings (SSSR count). The van der Waals surface area contributed by atoms with E-state index in [2.05, 4.69) is 11.5 Å². The molecule has 0 aromatic heterocycles. The third kappa shape index (κ3) is 4.51. The Bertz CT molecular complexity index is 729. The number of rotatable bonds is 9. The predicted molar refractivity (Wildman–Crippen MR) is 101 cm³/mol. The SMILES string of the molecule is Cc1ccc(C(O)CCC2C(O)CC3=C(NOCCC(=O)O)CC32)c(C)c1. The summed E-state index contributed by atoms with van der Waals surface area (Å²) in [5.74, 6) is -0.401. The number of hydrogen-bond acceptors (Lipinski definition) is 5. The van der Waals surface area contributed by atoms with E-state index in [9.17, 15) is 15.0 Å². The van der Waals surface area contributed by atoms with Crippen LogP contribution in [-0.2, 0) is 9.63 Å². The lowest BCUT2D eigenvalue weighted by atomic mass is 9.77. The van der Waals surface area contributed by atoms with Gasteiger partial charge in [0.15, 0.2) is 0 Å². The quantitative estimate of drug-likeness (QED) is 0.391. The van der Waals surface area contributed by atoms with E-state index in [0.29, 0.717) is 18.8 Å². The molecule has 1 aromatic rings. The second-order valence-corrected chi connectivity index (χ2v) is 7.80. The van der Waals surface area contributed by atoms with Gasteiger partial charge >= 0.3 is 5.97 Å². The first-order valence-electron chi connectivity index (χ1n) is 9.61. The van der Waals surface area contributed by atoms with Crippen LogP contribution in [0.1, 0.15) is 54.9 Å². The summed E-state index contributed by atoms with van der Waals surface area (Å²) in [7, 11) is 0. The van der Waals surface area contributed by atoms with Crippen LogP contribution < -0.4 is 5.48 Å². The summed E-state index contributed by atoms with van der Waals surface area (Å²) < 4.78 is 0. The van der Waals surface area contributed by atoms with Crippen molar-refractivity contribution in [2.45, 2.75) is 58.2 Å². The molecule has 0 radical (unpaired) electrons. The van der Waals surface area contributed by atoms with Crippen LogP contribution in [0, 0.1) is 25.7 Å². The van der Waals surface area contributed by atoms with Crippen molar-refractivity contribution < 1.29 is 25.0 Å². The predicted octanol–water partition coefficient (Wildman–Crippen LogP) is 2.77. The fourth-order valence-electron chi connectivity index (χ4n) is 4.38. The molecule has 4 N–H and O–H groups in total. The molecule has 148 valence electrons. The maximum atomic E-state index is 10.6. The van der Waals surface area contributed by atoms with Gasteiger partial charge in [-0.3, -0.25) is 15.1 Å². The Kier molecular flexibility index (Phi) is 6.19. The highest BCUT2D eigenvalue weighted by molar-refractivity contribution is 5.66. The number of aliphatic hydroxyl groups is 2. The van der Waals surface area contributed by atoms with Crippen molar-refractivity contribution in [3.63, 3.8) is 0 Å². The van der Waals surface area contributed by atoms with Gasteiger partial charge in [0.25, 0.3) is 0 Å². The number of carboxylic acid groups (broad SMARTS) is 1. The second-order valence-electron chi connectivity index (χ2n) is 7.80. The van der Waals surface area contributed by atoms with Gasteiger partial charge in [-0.1, -0.05) is 23.8 Å². The van der Waals surface area contributed by atoms with Crippen molar-refractivity contribution in [2.24, 2.45) is 11.8 Å². The number of hydrogen-bond donors (Lipinski definition) is 4. The van der Waals surface area contributed by atoms with Crippen LogP contribution in [-0.4, -0.2) is 34.0 Å². The molecule has 0 aliphatic heterocycles. The maximum Gasteiger partial charge on any atom is 0.305 e. The summed E-state index contributed by atoms with van der Waals surface area (Å²) in [6.45, 7) is 4.18. The summed E-state index contributed by atoms with van der Waals surface area (Å²) >= 11 is 0. The molecule has 2 aliphatic rings. The molecule has 0 bridgehead atoms. The minimum absolute atomic E-state index is 0.0411. The smallest absolute Gasteiger partial charge is 0.305 e. The topological polar surface area (TPSA) is 99.0 Å². The zero-order valence-electron chi connectivity index (χ0n) is 15.9. The molecule has 0 saturated heterocycles. The first-order valence-corrected chi connectivity index (χ1v) is 9.61. The molecule has 1 saturated carbocycles. The molecule has 1 fully saturated rings. The number of fused-ring (bicyclic) bond motifs is 1. The number of nitrogens with one attached hydrogen (secondary N) is 1. The highest BCUT2D eigenvalue weighted by atomic mass is 16.6. The van der Waals surface area contributed by atoms with Crippen LogP contribution >= 0.6 is 0 Å². The summed E-state index contributed by atoms with van der Waals surface area (Å²) in [6, 6.07) is 6.09. The normalized spacial score (nSPS) is 25.1. The van der Waals surface area contributed by atoms with E-state index >= 15 is 0 Å². The Morgan fingerprint density at radius 2 is 2.11 bits per heavy atom. The van der Waals surface area contributed by atoms with Gasteiger partial charge in [-0.15, -0.1) is 0 Å². The highest BCUT2D eigenvalue weighted by Crippen LogP contribution is 2.51. The molecule has 2 aliphatic carbocycles. The van der Waals surface area contributed by atoms with E-state index in [1.54, 1.807) is 0 Å². The molecule has 6 heteroatoms. The first kappa shape index (κ1) is 19.9. The Labute approximate surface area is 159 Å². The van der Waals surface area contributed by atoms with Gasteiger partial charge in [0.05, 0.1) is 25.2 Å². The molecule has 27 heavy (non-hydrogen) atoms. The Balaban J connectivity index is 1.51. The number of allylic oxidation sites excluding steroid dienone is 1. The van der Waals surface area contributed by atoms with Crippen LogP contribution in [0.5, 0.6) is 0 Å². The first-order chi connectivity index (χ1) is 12.9. The summed E-state index contributed by atoms with van der Waals surface area (Å²) in [5.41, 5.74) is 8.25. The maximum absolute atomic E-state index is 10.6. The van der Waals surface area contributed by atoms with Gasteiger partial charge in [0, 0.05) is 5.70 Å². The van der Waals surface area contributed by atoms with Gasteiger partial charge in [-0.2, -0.15) is 0 Å². The zero-order chi connectivity index (χ0) is 19.6. The Morgan fingerprint density at radius 1 is 1.33 bits per heavy atom. The highest BCUT2D eigenvalue weighted by Gasteiger charge is 2.45. The third-order valence-electron chi connectivity index (χ3n) is 5.87. The molecule has 4 atom stereocenters. The van der Waals surface area contributed by atoms with E-state index < -0.39 is 18.2 Å². The van der Waals surface area contributed by atoms with Crippen LogP contribution in [0.15, 0.2) is 29.5 Å². The standard InChI is InChI=1S/C21H29NO5/c1-12-3-4-14(13(2)9-12)19(23)6-5-15-16-10-18(17(16)11-20(15)24)22-27-8-7-21(25)26/h3-4,9,15-16,19-20,22-24H,5-8,10-11H2,1-2H3,(H,25,26).